The van der Waals surface area contributed by atoms with Gasteiger partial charge in [-0.3, -0.25) is 9.67 Å². The minimum Gasteiger partial charge on any atom is -0.323 e. The van der Waals surface area contributed by atoms with Crippen molar-refractivity contribution in [1.29, 1.82) is 0 Å². The van der Waals surface area contributed by atoms with E-state index in [4.69, 9.17) is 4.98 Å². The second-order valence-corrected chi connectivity index (χ2v) is 8.28. The molecule has 1 saturated heterocycles. The van der Waals surface area contributed by atoms with Crippen LogP contribution in [0, 0.1) is 0 Å². The average Bonchev–Trinajstić information content (AvgIpc) is 3.51. The van der Waals surface area contributed by atoms with Gasteiger partial charge in [0.2, 0.25) is 0 Å². The molecule has 164 valence electrons. The predicted molar refractivity (Wildman–Crippen MR) is 126 cm³/mol. The van der Waals surface area contributed by atoms with Crippen molar-refractivity contribution in [2.24, 2.45) is 0 Å². The number of aryl methyl sites for hydroxylation is 2. The number of hydrogen-bond donors (Lipinski definition) is 1. The third kappa shape index (κ3) is 4.75. The number of pyridine rings is 2. The van der Waals surface area contributed by atoms with Crippen LogP contribution in [0.3, 0.4) is 0 Å². The van der Waals surface area contributed by atoms with Crippen molar-refractivity contribution in [3.63, 3.8) is 0 Å². The number of fused-ring (bicyclic) bond motifs is 1. The highest BCUT2D eigenvalue weighted by Crippen LogP contribution is 2.23. The Morgan fingerprint density at radius 3 is 2.72 bits per heavy atom. The van der Waals surface area contributed by atoms with E-state index < -0.39 is 0 Å². The van der Waals surface area contributed by atoms with Crippen molar-refractivity contribution in [3.05, 3.63) is 54.6 Å². The van der Waals surface area contributed by atoms with Crippen LogP contribution >= 0.6 is 0 Å². The fourth-order valence-electron chi connectivity index (χ4n) is 4.12. The Labute approximate surface area is 187 Å². The van der Waals surface area contributed by atoms with Crippen molar-refractivity contribution < 1.29 is 0 Å². The van der Waals surface area contributed by atoms with Crippen LogP contribution < -0.4 is 5.32 Å². The molecule has 1 fully saturated rings. The van der Waals surface area contributed by atoms with E-state index in [1.807, 2.05) is 35.3 Å². The summed E-state index contributed by atoms with van der Waals surface area (Å²) in [4.78, 5) is 11.9. The lowest BCUT2D eigenvalue weighted by molar-refractivity contribution is 0.322. The first kappa shape index (κ1) is 20.5. The molecule has 0 aromatic carbocycles. The van der Waals surface area contributed by atoms with Gasteiger partial charge in [-0.05, 0) is 75.1 Å². The van der Waals surface area contributed by atoms with Gasteiger partial charge in [-0.2, -0.15) is 10.2 Å². The zero-order valence-electron chi connectivity index (χ0n) is 18.4. The lowest BCUT2D eigenvalue weighted by atomic mass is 10.1. The molecule has 0 bridgehead atoms. The van der Waals surface area contributed by atoms with Crippen LogP contribution in [0.15, 0.2) is 49.1 Å². The normalized spacial score (nSPS) is 14.3. The lowest BCUT2D eigenvalue weighted by Gasteiger charge is -2.13. The molecule has 0 spiro atoms. The summed E-state index contributed by atoms with van der Waals surface area (Å²) in [7, 11) is 0. The van der Waals surface area contributed by atoms with Gasteiger partial charge in [0.15, 0.2) is 5.82 Å². The molecule has 8 heteroatoms. The summed E-state index contributed by atoms with van der Waals surface area (Å²) in [5.74, 6) is 1.41. The van der Waals surface area contributed by atoms with Gasteiger partial charge in [0.25, 0.3) is 0 Å². The molecular formula is C24H28N8. The Balaban J connectivity index is 1.29. The molecule has 5 heterocycles. The van der Waals surface area contributed by atoms with E-state index >= 15 is 0 Å². The Hall–Kier alpha value is -3.39. The van der Waals surface area contributed by atoms with Crippen molar-refractivity contribution in [3.8, 4) is 11.1 Å². The molecule has 0 unspecified atom stereocenters. The van der Waals surface area contributed by atoms with Gasteiger partial charge in [0.05, 0.1) is 23.4 Å². The van der Waals surface area contributed by atoms with Crippen LogP contribution in [0.4, 0.5) is 11.6 Å². The summed E-state index contributed by atoms with van der Waals surface area (Å²) in [6, 6.07) is 7.93. The second-order valence-electron chi connectivity index (χ2n) is 8.28. The first-order chi connectivity index (χ1) is 15.8. The van der Waals surface area contributed by atoms with Crippen LogP contribution in [0.25, 0.3) is 22.2 Å². The van der Waals surface area contributed by atoms with E-state index in [-0.39, 0.29) is 0 Å². The first-order valence-electron chi connectivity index (χ1n) is 11.4. The van der Waals surface area contributed by atoms with Crippen molar-refractivity contribution in [1.82, 2.24) is 34.8 Å². The Morgan fingerprint density at radius 1 is 0.938 bits per heavy atom. The van der Waals surface area contributed by atoms with Crippen molar-refractivity contribution in [2.45, 2.75) is 39.2 Å². The quantitative estimate of drug-likeness (QED) is 0.453. The summed E-state index contributed by atoms with van der Waals surface area (Å²) in [6.45, 7) is 6.67. The van der Waals surface area contributed by atoms with Gasteiger partial charge in [-0.15, -0.1) is 5.10 Å². The number of nitrogens with zero attached hydrogens (tertiary/aromatic N) is 7. The summed E-state index contributed by atoms with van der Waals surface area (Å²) < 4.78 is 2.03. The molecular weight excluding hydrogens is 400 g/mol. The highest BCUT2D eigenvalue weighted by atomic mass is 15.3. The molecule has 4 aromatic heterocycles. The van der Waals surface area contributed by atoms with Crippen molar-refractivity contribution >= 4 is 22.7 Å². The van der Waals surface area contributed by atoms with E-state index in [0.29, 0.717) is 5.82 Å². The topological polar surface area (TPSA) is 84.7 Å². The Morgan fingerprint density at radius 2 is 1.84 bits per heavy atom. The van der Waals surface area contributed by atoms with Crippen LogP contribution in [-0.4, -0.2) is 54.5 Å². The maximum atomic E-state index is 4.74. The van der Waals surface area contributed by atoms with E-state index in [1.165, 1.54) is 25.9 Å². The highest BCUT2D eigenvalue weighted by Gasteiger charge is 2.11. The molecule has 8 nitrogen and oxygen atoms in total. The SMILES string of the molecule is CCc1cnnc(Nc2ccc3ncc(-c4cnn(CCCN5CCCC5)c4)cc3n2)c1. The smallest absolute Gasteiger partial charge is 0.154 e. The number of hydrogen-bond acceptors (Lipinski definition) is 7. The molecule has 1 N–H and O–H groups in total. The van der Waals surface area contributed by atoms with Gasteiger partial charge in [-0.1, -0.05) is 6.92 Å². The van der Waals surface area contributed by atoms with E-state index in [1.54, 1.807) is 6.20 Å². The average molecular weight is 429 g/mol. The van der Waals surface area contributed by atoms with Crippen molar-refractivity contribution in [2.75, 3.05) is 25.0 Å². The maximum absolute atomic E-state index is 4.74. The fraction of sp³-hybridized carbons (Fsp3) is 0.375. The Bertz CT molecular complexity index is 1200. The molecule has 1 aliphatic heterocycles. The van der Waals surface area contributed by atoms with Gasteiger partial charge in [-0.25, -0.2) is 4.98 Å². The first-order valence-corrected chi connectivity index (χ1v) is 11.4. The monoisotopic (exact) mass is 428 g/mol. The molecule has 0 amide bonds. The molecule has 0 saturated carbocycles. The van der Waals surface area contributed by atoms with Crippen LogP contribution in [-0.2, 0) is 13.0 Å². The summed E-state index contributed by atoms with van der Waals surface area (Å²) >= 11 is 0. The maximum Gasteiger partial charge on any atom is 0.154 e. The van der Waals surface area contributed by atoms with Gasteiger partial charge < -0.3 is 10.2 Å². The number of likely N-dealkylation sites (tertiary alicyclic amines) is 1. The fourth-order valence-corrected chi connectivity index (χ4v) is 4.12. The molecule has 32 heavy (non-hydrogen) atoms. The number of nitrogens with one attached hydrogen (secondary N) is 1. The van der Waals surface area contributed by atoms with Gasteiger partial charge in [0.1, 0.15) is 5.82 Å². The summed E-state index contributed by atoms with van der Waals surface area (Å²) in [5, 5.41) is 16.0. The summed E-state index contributed by atoms with van der Waals surface area (Å²) in [5.41, 5.74) is 4.88. The van der Waals surface area contributed by atoms with E-state index in [0.717, 1.165) is 59.5 Å². The zero-order chi connectivity index (χ0) is 21.8. The third-order valence-corrected chi connectivity index (χ3v) is 5.94. The standard InChI is InChI=1S/C24H28N8/c1-2-18-12-24(30-26-14-18)29-23-7-6-21-22(28-23)13-19(15-25-21)20-16-27-32(17-20)11-5-10-31-8-3-4-9-31/h6-7,12-17H,2-5,8-11H2,1H3,(H,28,29,30). The second kappa shape index (κ2) is 9.40. The van der Waals surface area contributed by atoms with Gasteiger partial charge >= 0.3 is 0 Å². The molecule has 1 aliphatic rings. The van der Waals surface area contributed by atoms with E-state index in [2.05, 4.69) is 49.7 Å². The predicted octanol–water partition coefficient (Wildman–Crippen LogP) is 4.08. The Kier molecular flexibility index (Phi) is 6.02. The minimum absolute atomic E-state index is 0.690. The largest absolute Gasteiger partial charge is 0.323 e. The molecule has 0 atom stereocenters. The number of rotatable bonds is 8. The molecule has 0 radical (unpaired) electrons. The van der Waals surface area contributed by atoms with Crippen LogP contribution in [0.2, 0.25) is 0 Å². The lowest BCUT2D eigenvalue weighted by Crippen LogP contribution is -2.21. The molecule has 0 aliphatic carbocycles. The minimum atomic E-state index is 0.690. The molecule has 5 rings (SSSR count). The molecule has 4 aromatic rings. The zero-order valence-corrected chi connectivity index (χ0v) is 18.4. The van der Waals surface area contributed by atoms with Gasteiger partial charge in [0, 0.05) is 30.1 Å². The summed E-state index contributed by atoms with van der Waals surface area (Å²) in [6.07, 6.45) is 12.4. The number of anilines is 2. The number of aromatic nitrogens is 6. The highest BCUT2D eigenvalue weighted by molar-refractivity contribution is 5.81. The van der Waals surface area contributed by atoms with Crippen LogP contribution in [0.5, 0.6) is 0 Å². The third-order valence-electron chi connectivity index (χ3n) is 5.94. The van der Waals surface area contributed by atoms with E-state index in [9.17, 15) is 0 Å². The van der Waals surface area contributed by atoms with Crippen LogP contribution in [0.1, 0.15) is 31.7 Å².